The summed E-state index contributed by atoms with van der Waals surface area (Å²) in [5.74, 6) is -0.0381. The minimum Gasteiger partial charge on any atom is -0.493 e. The molecule has 0 aliphatic rings. The number of anilines is 1. The molecule has 1 aromatic rings. The number of hydrogen-bond acceptors (Lipinski definition) is 4. The number of hydrogen-bond donors (Lipinski definition) is 2. The van der Waals surface area contributed by atoms with E-state index in [1.807, 2.05) is 0 Å². The Hall–Kier alpha value is -1.91. The predicted octanol–water partition coefficient (Wildman–Crippen LogP) is 3.78. The first-order chi connectivity index (χ1) is 10.1. The monoisotopic (exact) mass is 295 g/mol. The van der Waals surface area contributed by atoms with Crippen LogP contribution in [-0.2, 0) is 0 Å². The second kappa shape index (κ2) is 9.10. The largest absolute Gasteiger partial charge is 0.493 e. The highest BCUT2D eigenvalue weighted by molar-refractivity contribution is 5.95. The van der Waals surface area contributed by atoms with Gasteiger partial charge in [0.05, 0.1) is 25.5 Å². The van der Waals surface area contributed by atoms with Gasteiger partial charge in [-0.3, -0.25) is 0 Å². The van der Waals surface area contributed by atoms with Crippen molar-refractivity contribution < 1.29 is 19.4 Å². The Kier molecular flexibility index (Phi) is 7.43. The maximum Gasteiger partial charge on any atom is 0.337 e. The molecule has 0 bridgehead atoms. The van der Waals surface area contributed by atoms with Gasteiger partial charge in [0.15, 0.2) is 11.5 Å². The molecule has 1 rings (SSSR count). The molecule has 1 aromatic carbocycles. The van der Waals surface area contributed by atoms with E-state index < -0.39 is 5.97 Å². The van der Waals surface area contributed by atoms with E-state index in [0.717, 1.165) is 19.4 Å². The van der Waals surface area contributed by atoms with Gasteiger partial charge in [0.25, 0.3) is 0 Å². The summed E-state index contributed by atoms with van der Waals surface area (Å²) in [6.07, 6.45) is 5.85. The molecule has 0 saturated heterocycles. The topological polar surface area (TPSA) is 67.8 Å². The minimum absolute atomic E-state index is 0.196. The number of carbonyl (C=O) groups is 1. The van der Waals surface area contributed by atoms with Crippen molar-refractivity contribution in [3.05, 3.63) is 17.7 Å². The first-order valence-corrected chi connectivity index (χ1v) is 7.37. The molecular weight excluding hydrogens is 270 g/mol. The highest BCUT2D eigenvalue weighted by Gasteiger charge is 2.15. The molecule has 0 aliphatic heterocycles. The van der Waals surface area contributed by atoms with Gasteiger partial charge in [-0.05, 0) is 6.42 Å². The lowest BCUT2D eigenvalue weighted by atomic mass is 10.1. The Labute approximate surface area is 126 Å². The molecule has 0 unspecified atom stereocenters. The molecule has 0 spiro atoms. The third-order valence-corrected chi connectivity index (χ3v) is 3.35. The molecule has 5 nitrogen and oxygen atoms in total. The number of unbranched alkanes of at least 4 members (excludes halogenated alkanes) is 4. The Morgan fingerprint density at radius 3 is 2.29 bits per heavy atom. The molecule has 0 heterocycles. The van der Waals surface area contributed by atoms with Crippen LogP contribution in [-0.4, -0.2) is 31.8 Å². The third kappa shape index (κ3) is 5.17. The normalized spacial score (nSPS) is 10.2. The highest BCUT2D eigenvalue weighted by atomic mass is 16.5. The molecule has 0 radical (unpaired) electrons. The van der Waals surface area contributed by atoms with Gasteiger partial charge in [-0.1, -0.05) is 32.6 Å². The second-order valence-corrected chi connectivity index (χ2v) is 4.90. The van der Waals surface area contributed by atoms with Crippen molar-refractivity contribution in [1.82, 2.24) is 0 Å². The van der Waals surface area contributed by atoms with Crippen LogP contribution in [0.15, 0.2) is 12.1 Å². The standard InChI is InChI=1S/C16H25NO4/c1-4-5-6-7-8-9-17-13-11-15(21-3)14(20-2)10-12(13)16(18)19/h10-11,17H,4-9H2,1-3H3,(H,18,19). The van der Waals surface area contributed by atoms with E-state index in [4.69, 9.17) is 9.47 Å². The van der Waals surface area contributed by atoms with Crippen molar-refractivity contribution in [3.63, 3.8) is 0 Å². The molecule has 118 valence electrons. The number of ether oxygens (including phenoxy) is 2. The average Bonchev–Trinajstić information content (AvgIpc) is 2.49. The maximum absolute atomic E-state index is 11.3. The van der Waals surface area contributed by atoms with Crippen LogP contribution >= 0.6 is 0 Å². The van der Waals surface area contributed by atoms with E-state index in [0.29, 0.717) is 17.2 Å². The van der Waals surface area contributed by atoms with Crippen LogP contribution in [0.25, 0.3) is 0 Å². The number of carboxylic acid groups (broad SMARTS) is 1. The van der Waals surface area contributed by atoms with Crippen LogP contribution in [0, 0.1) is 0 Å². The zero-order valence-electron chi connectivity index (χ0n) is 13.1. The number of nitrogens with one attached hydrogen (secondary N) is 1. The zero-order valence-corrected chi connectivity index (χ0v) is 13.1. The van der Waals surface area contributed by atoms with Gasteiger partial charge in [0.1, 0.15) is 0 Å². The van der Waals surface area contributed by atoms with Gasteiger partial charge in [-0.15, -0.1) is 0 Å². The predicted molar refractivity (Wildman–Crippen MR) is 83.8 cm³/mol. The number of aromatic carboxylic acids is 1. The van der Waals surface area contributed by atoms with Crippen LogP contribution in [0.2, 0.25) is 0 Å². The van der Waals surface area contributed by atoms with Gasteiger partial charge in [0, 0.05) is 18.7 Å². The van der Waals surface area contributed by atoms with E-state index >= 15 is 0 Å². The van der Waals surface area contributed by atoms with Crippen molar-refractivity contribution >= 4 is 11.7 Å². The summed E-state index contributed by atoms with van der Waals surface area (Å²) >= 11 is 0. The summed E-state index contributed by atoms with van der Waals surface area (Å²) in [5.41, 5.74) is 0.761. The van der Waals surface area contributed by atoms with Crippen LogP contribution < -0.4 is 14.8 Å². The van der Waals surface area contributed by atoms with Crippen molar-refractivity contribution in [2.24, 2.45) is 0 Å². The molecule has 0 saturated carbocycles. The lowest BCUT2D eigenvalue weighted by Crippen LogP contribution is -2.09. The molecule has 0 amide bonds. The van der Waals surface area contributed by atoms with E-state index in [1.54, 1.807) is 6.07 Å². The Morgan fingerprint density at radius 1 is 1.10 bits per heavy atom. The Balaban J connectivity index is 2.72. The quantitative estimate of drug-likeness (QED) is 0.643. The SMILES string of the molecule is CCCCCCCNc1cc(OC)c(OC)cc1C(=O)O. The summed E-state index contributed by atoms with van der Waals surface area (Å²) in [5, 5.41) is 12.5. The van der Waals surface area contributed by atoms with E-state index in [9.17, 15) is 9.90 Å². The number of methoxy groups -OCH3 is 2. The fourth-order valence-electron chi connectivity index (χ4n) is 2.15. The number of rotatable bonds is 10. The zero-order chi connectivity index (χ0) is 15.7. The van der Waals surface area contributed by atoms with Gasteiger partial charge in [-0.25, -0.2) is 4.79 Å². The van der Waals surface area contributed by atoms with E-state index in [1.165, 1.54) is 39.5 Å². The summed E-state index contributed by atoms with van der Waals surface area (Å²) in [4.78, 5) is 11.3. The van der Waals surface area contributed by atoms with Crippen LogP contribution in [0.3, 0.4) is 0 Å². The lowest BCUT2D eigenvalue weighted by molar-refractivity contribution is 0.0697. The molecule has 5 heteroatoms. The highest BCUT2D eigenvalue weighted by Crippen LogP contribution is 2.33. The molecule has 0 fully saturated rings. The maximum atomic E-state index is 11.3. The van der Waals surface area contributed by atoms with E-state index in [2.05, 4.69) is 12.2 Å². The Bertz CT molecular complexity index is 460. The summed E-state index contributed by atoms with van der Waals surface area (Å²) < 4.78 is 10.3. The molecule has 21 heavy (non-hydrogen) atoms. The van der Waals surface area contributed by atoms with Crippen LogP contribution in [0.4, 0.5) is 5.69 Å². The van der Waals surface area contributed by atoms with Crippen LogP contribution in [0.5, 0.6) is 11.5 Å². The van der Waals surface area contributed by atoms with Gasteiger partial charge in [-0.2, -0.15) is 0 Å². The number of benzene rings is 1. The van der Waals surface area contributed by atoms with E-state index in [-0.39, 0.29) is 5.56 Å². The Morgan fingerprint density at radius 2 is 1.71 bits per heavy atom. The molecule has 0 aromatic heterocycles. The van der Waals surface area contributed by atoms with Crippen molar-refractivity contribution in [3.8, 4) is 11.5 Å². The van der Waals surface area contributed by atoms with Gasteiger partial charge >= 0.3 is 5.97 Å². The lowest BCUT2D eigenvalue weighted by Gasteiger charge is -2.14. The molecular formula is C16H25NO4. The molecule has 0 atom stereocenters. The molecule has 2 N–H and O–H groups in total. The van der Waals surface area contributed by atoms with Crippen molar-refractivity contribution in [2.45, 2.75) is 39.0 Å². The summed E-state index contributed by atoms with van der Waals surface area (Å²) in [6.45, 7) is 2.93. The fourth-order valence-corrected chi connectivity index (χ4v) is 2.15. The third-order valence-electron chi connectivity index (χ3n) is 3.35. The van der Waals surface area contributed by atoms with Crippen molar-refractivity contribution in [2.75, 3.05) is 26.1 Å². The van der Waals surface area contributed by atoms with Gasteiger partial charge < -0.3 is 19.9 Å². The smallest absolute Gasteiger partial charge is 0.337 e. The molecule has 0 aliphatic carbocycles. The average molecular weight is 295 g/mol. The van der Waals surface area contributed by atoms with Crippen LogP contribution in [0.1, 0.15) is 49.4 Å². The second-order valence-electron chi connectivity index (χ2n) is 4.90. The first-order valence-electron chi connectivity index (χ1n) is 7.37. The van der Waals surface area contributed by atoms with Gasteiger partial charge in [0.2, 0.25) is 0 Å². The summed E-state index contributed by atoms with van der Waals surface area (Å²) in [6, 6.07) is 3.16. The summed E-state index contributed by atoms with van der Waals surface area (Å²) in [7, 11) is 3.02. The number of carboxylic acids is 1. The van der Waals surface area contributed by atoms with Crippen molar-refractivity contribution in [1.29, 1.82) is 0 Å². The first kappa shape index (κ1) is 17.1. The fraction of sp³-hybridized carbons (Fsp3) is 0.562. The minimum atomic E-state index is -0.982.